The van der Waals surface area contributed by atoms with Crippen LogP contribution in [0.15, 0.2) is 33.3 Å². The summed E-state index contributed by atoms with van der Waals surface area (Å²) in [6, 6.07) is 2.30. The lowest BCUT2D eigenvalue weighted by Gasteiger charge is -2.34. The van der Waals surface area contributed by atoms with E-state index < -0.39 is 26.6 Å². The largest absolute Gasteiger partial charge is 0.340 e. The van der Waals surface area contributed by atoms with Gasteiger partial charge in [-0.1, -0.05) is 11.3 Å². The standard InChI is InChI=1S/C18H21F2N3O4S2/c1-13-12-28-18(25)23(13)6-2-3-17(24)21-7-9-22(10-8-21)29(26,27)16-11-14(19)4-5-15(16)20/h4-5,11-12H,2-3,6-10H2,1H3. The molecule has 29 heavy (non-hydrogen) atoms. The number of carbonyl (C=O) groups is 1. The van der Waals surface area contributed by atoms with Gasteiger partial charge in [0.1, 0.15) is 16.5 Å². The van der Waals surface area contributed by atoms with Crippen molar-refractivity contribution in [3.63, 3.8) is 0 Å². The number of nitrogens with zero attached hydrogens (tertiary/aromatic N) is 3. The lowest BCUT2D eigenvalue weighted by Crippen LogP contribution is -2.50. The number of hydrogen-bond donors (Lipinski definition) is 0. The second-order valence-electron chi connectivity index (χ2n) is 6.76. The van der Waals surface area contributed by atoms with Gasteiger partial charge in [-0.2, -0.15) is 4.31 Å². The van der Waals surface area contributed by atoms with Gasteiger partial charge in [0.15, 0.2) is 0 Å². The molecule has 1 aromatic carbocycles. The van der Waals surface area contributed by atoms with Crippen molar-refractivity contribution >= 4 is 27.3 Å². The summed E-state index contributed by atoms with van der Waals surface area (Å²) in [6.07, 6.45) is 0.746. The molecule has 2 aromatic rings. The Hall–Kier alpha value is -2.11. The van der Waals surface area contributed by atoms with Gasteiger partial charge in [0.2, 0.25) is 15.9 Å². The quantitative estimate of drug-likeness (QED) is 0.679. The van der Waals surface area contributed by atoms with E-state index in [-0.39, 0.29) is 43.4 Å². The monoisotopic (exact) mass is 445 g/mol. The Morgan fingerprint density at radius 3 is 2.48 bits per heavy atom. The maximum absolute atomic E-state index is 13.9. The number of aromatic nitrogens is 1. The second-order valence-corrected chi connectivity index (χ2v) is 9.48. The third-order valence-corrected chi connectivity index (χ3v) is 7.65. The first kappa shape index (κ1) is 21.6. The highest BCUT2D eigenvalue weighted by atomic mass is 32.2. The molecule has 0 saturated carbocycles. The normalized spacial score (nSPS) is 15.6. The minimum atomic E-state index is -4.18. The molecule has 3 rings (SSSR count). The number of sulfonamides is 1. The fourth-order valence-electron chi connectivity index (χ4n) is 3.21. The van der Waals surface area contributed by atoms with Crippen LogP contribution in [0.3, 0.4) is 0 Å². The molecule has 1 aliphatic rings. The van der Waals surface area contributed by atoms with Gasteiger partial charge in [-0.05, 0) is 31.5 Å². The Morgan fingerprint density at radius 2 is 1.86 bits per heavy atom. The molecule has 0 aliphatic carbocycles. The van der Waals surface area contributed by atoms with Gasteiger partial charge < -0.3 is 9.47 Å². The Balaban J connectivity index is 1.55. The van der Waals surface area contributed by atoms with E-state index in [0.717, 1.165) is 33.5 Å². The van der Waals surface area contributed by atoms with Crippen LogP contribution in [0.25, 0.3) is 0 Å². The molecule has 1 amide bonds. The zero-order valence-electron chi connectivity index (χ0n) is 15.8. The van der Waals surface area contributed by atoms with E-state index >= 15 is 0 Å². The Kier molecular flexibility index (Phi) is 6.49. The van der Waals surface area contributed by atoms with Gasteiger partial charge in [0.25, 0.3) is 0 Å². The minimum Gasteiger partial charge on any atom is -0.340 e. The fourth-order valence-corrected chi connectivity index (χ4v) is 5.47. The van der Waals surface area contributed by atoms with Gasteiger partial charge in [-0.3, -0.25) is 9.59 Å². The molecular weight excluding hydrogens is 424 g/mol. The summed E-state index contributed by atoms with van der Waals surface area (Å²) in [5, 5.41) is 1.77. The summed E-state index contributed by atoms with van der Waals surface area (Å²) in [6.45, 7) is 2.65. The van der Waals surface area contributed by atoms with Gasteiger partial charge in [0.05, 0.1) is 0 Å². The van der Waals surface area contributed by atoms with E-state index in [9.17, 15) is 26.8 Å². The van der Waals surface area contributed by atoms with Crippen molar-refractivity contribution in [2.75, 3.05) is 26.2 Å². The molecule has 1 saturated heterocycles. The highest BCUT2D eigenvalue weighted by Crippen LogP contribution is 2.22. The lowest BCUT2D eigenvalue weighted by atomic mass is 10.2. The van der Waals surface area contributed by atoms with Gasteiger partial charge in [0, 0.05) is 50.2 Å². The highest BCUT2D eigenvalue weighted by molar-refractivity contribution is 7.89. The number of hydrogen-bond acceptors (Lipinski definition) is 5. The summed E-state index contributed by atoms with van der Waals surface area (Å²) in [5.74, 6) is -1.97. The van der Waals surface area contributed by atoms with Crippen LogP contribution in [0.4, 0.5) is 8.78 Å². The maximum Gasteiger partial charge on any atom is 0.307 e. The van der Waals surface area contributed by atoms with Crippen molar-refractivity contribution in [1.82, 2.24) is 13.8 Å². The second kappa shape index (κ2) is 8.72. The lowest BCUT2D eigenvalue weighted by molar-refractivity contribution is -0.132. The number of rotatable bonds is 6. The summed E-state index contributed by atoms with van der Waals surface area (Å²) < 4.78 is 55.1. The third-order valence-electron chi connectivity index (χ3n) is 4.85. The van der Waals surface area contributed by atoms with Crippen molar-refractivity contribution in [3.05, 3.63) is 50.6 Å². The number of carbonyl (C=O) groups excluding carboxylic acids is 1. The Labute approximate surface area is 171 Å². The molecule has 1 aliphatic heterocycles. The molecule has 0 spiro atoms. The molecule has 0 atom stereocenters. The van der Waals surface area contributed by atoms with Crippen LogP contribution in [0, 0.1) is 18.6 Å². The molecule has 11 heteroatoms. The molecule has 0 N–H and O–H groups in total. The summed E-state index contributed by atoms with van der Waals surface area (Å²) in [7, 11) is -4.18. The van der Waals surface area contributed by atoms with E-state index in [0.29, 0.717) is 19.0 Å². The molecule has 1 aromatic heterocycles. The molecule has 7 nitrogen and oxygen atoms in total. The zero-order valence-corrected chi connectivity index (χ0v) is 17.4. The molecule has 0 unspecified atom stereocenters. The van der Waals surface area contributed by atoms with Crippen LogP contribution in [0.1, 0.15) is 18.5 Å². The van der Waals surface area contributed by atoms with Crippen LogP contribution < -0.4 is 4.87 Å². The number of piperazine rings is 1. The third kappa shape index (κ3) is 4.73. The highest BCUT2D eigenvalue weighted by Gasteiger charge is 2.32. The van der Waals surface area contributed by atoms with Crippen molar-refractivity contribution in [3.8, 4) is 0 Å². The van der Waals surface area contributed by atoms with E-state index in [2.05, 4.69) is 0 Å². The topological polar surface area (TPSA) is 79.7 Å². The fraction of sp³-hybridized carbons (Fsp3) is 0.444. The number of thiazole rings is 1. The van der Waals surface area contributed by atoms with Gasteiger partial charge in [-0.15, -0.1) is 0 Å². The minimum absolute atomic E-state index is 0.00707. The molecule has 1 fully saturated rings. The molecule has 0 bridgehead atoms. The van der Waals surface area contributed by atoms with Crippen molar-refractivity contribution in [1.29, 1.82) is 0 Å². The van der Waals surface area contributed by atoms with Gasteiger partial charge >= 0.3 is 4.87 Å². The first-order valence-corrected chi connectivity index (χ1v) is 11.4. The molecule has 158 valence electrons. The SMILES string of the molecule is Cc1csc(=O)n1CCCC(=O)N1CCN(S(=O)(=O)c2cc(F)ccc2F)CC1. The number of aryl methyl sites for hydroxylation is 1. The molecular formula is C18H21F2N3O4S2. The van der Waals surface area contributed by atoms with Crippen molar-refractivity contribution in [2.45, 2.75) is 31.2 Å². The van der Waals surface area contributed by atoms with E-state index in [1.807, 2.05) is 6.92 Å². The number of benzene rings is 1. The zero-order chi connectivity index (χ0) is 21.2. The van der Waals surface area contributed by atoms with E-state index in [1.54, 1.807) is 14.8 Å². The van der Waals surface area contributed by atoms with Gasteiger partial charge in [-0.25, -0.2) is 17.2 Å². The number of halogens is 2. The predicted molar refractivity (Wildman–Crippen MR) is 104 cm³/mol. The summed E-state index contributed by atoms with van der Waals surface area (Å²) in [4.78, 5) is 24.9. The van der Waals surface area contributed by atoms with Crippen LogP contribution in [-0.2, 0) is 21.4 Å². The number of amides is 1. The van der Waals surface area contributed by atoms with Crippen LogP contribution in [0.5, 0.6) is 0 Å². The van der Waals surface area contributed by atoms with Crippen LogP contribution >= 0.6 is 11.3 Å². The Morgan fingerprint density at radius 1 is 1.17 bits per heavy atom. The van der Waals surface area contributed by atoms with E-state index in [4.69, 9.17) is 0 Å². The first-order valence-electron chi connectivity index (χ1n) is 9.08. The summed E-state index contributed by atoms with van der Waals surface area (Å²) >= 11 is 1.12. The smallest absolute Gasteiger partial charge is 0.307 e. The van der Waals surface area contributed by atoms with E-state index in [1.165, 1.54) is 0 Å². The summed E-state index contributed by atoms with van der Waals surface area (Å²) in [5.41, 5.74) is 0.857. The average molecular weight is 446 g/mol. The van der Waals surface area contributed by atoms with Crippen LogP contribution in [-0.4, -0.2) is 54.3 Å². The van der Waals surface area contributed by atoms with Crippen LogP contribution in [0.2, 0.25) is 0 Å². The predicted octanol–water partition coefficient (Wildman–Crippen LogP) is 1.81. The van der Waals surface area contributed by atoms with Crippen molar-refractivity contribution < 1.29 is 22.0 Å². The van der Waals surface area contributed by atoms with Crippen molar-refractivity contribution in [2.24, 2.45) is 0 Å². The average Bonchev–Trinajstić information content (AvgIpc) is 3.01. The molecule has 0 radical (unpaired) electrons. The maximum atomic E-state index is 13.9. The first-order chi connectivity index (χ1) is 13.7. The molecule has 2 heterocycles. The Bertz CT molecular complexity index is 1060.